The van der Waals surface area contributed by atoms with Crippen LogP contribution in [0, 0.1) is 6.92 Å². The molecule has 1 fully saturated rings. The van der Waals surface area contributed by atoms with Crippen LogP contribution >= 0.6 is 0 Å². The Hall–Kier alpha value is -1.13. The lowest BCUT2D eigenvalue weighted by molar-refractivity contribution is 0.337. The highest BCUT2D eigenvalue weighted by atomic mass is 15.3. The van der Waals surface area contributed by atoms with Crippen molar-refractivity contribution in [1.29, 1.82) is 0 Å². The fourth-order valence-electron chi connectivity index (χ4n) is 2.95. The van der Waals surface area contributed by atoms with E-state index in [1.165, 1.54) is 18.5 Å². The topological polar surface area (TPSA) is 31.4 Å². The van der Waals surface area contributed by atoms with E-state index in [2.05, 4.69) is 55.1 Å². The molecule has 0 aromatic carbocycles. The number of anilines is 1. The van der Waals surface area contributed by atoms with Crippen LogP contribution in [0.5, 0.6) is 0 Å². The summed E-state index contributed by atoms with van der Waals surface area (Å²) in [4.78, 5) is 9.64. The Bertz CT molecular complexity index is 432. The van der Waals surface area contributed by atoms with Crippen molar-refractivity contribution >= 4 is 5.82 Å². The van der Waals surface area contributed by atoms with Crippen LogP contribution < -0.4 is 10.2 Å². The van der Waals surface area contributed by atoms with Crippen molar-refractivity contribution in [2.24, 2.45) is 0 Å². The first-order valence-corrected chi connectivity index (χ1v) is 7.73. The lowest BCUT2D eigenvalue weighted by Gasteiger charge is -2.29. The van der Waals surface area contributed by atoms with Crippen molar-refractivity contribution in [3.05, 3.63) is 23.4 Å². The van der Waals surface area contributed by atoms with Crippen molar-refractivity contribution in [2.75, 3.05) is 38.1 Å². The van der Waals surface area contributed by atoms with Gasteiger partial charge >= 0.3 is 0 Å². The molecule has 2 heterocycles. The Balaban J connectivity index is 2.19. The molecular formula is C16H28N4. The number of aryl methyl sites for hydroxylation is 1. The summed E-state index contributed by atoms with van der Waals surface area (Å²) in [6, 6.07) is 4.95. The van der Waals surface area contributed by atoms with Crippen LogP contribution in [0.4, 0.5) is 5.82 Å². The van der Waals surface area contributed by atoms with Gasteiger partial charge in [0.15, 0.2) is 0 Å². The third-order valence-corrected chi connectivity index (χ3v) is 3.92. The average Bonchev–Trinajstić information content (AvgIpc) is 2.56. The fraction of sp³-hybridized carbons (Fsp3) is 0.688. The number of nitrogens with zero attached hydrogens (tertiary/aromatic N) is 3. The summed E-state index contributed by atoms with van der Waals surface area (Å²) in [7, 11) is 2.21. The SMILES string of the molecule is CCNCc1cc(C)nc(N2CCCN(C)CC2C)c1. The van der Waals surface area contributed by atoms with Crippen LogP contribution in [0.2, 0.25) is 0 Å². The van der Waals surface area contributed by atoms with E-state index in [1.807, 2.05) is 0 Å². The van der Waals surface area contributed by atoms with Crippen LogP contribution in [-0.2, 0) is 6.54 Å². The van der Waals surface area contributed by atoms with E-state index in [0.29, 0.717) is 6.04 Å². The average molecular weight is 276 g/mol. The highest BCUT2D eigenvalue weighted by Crippen LogP contribution is 2.20. The zero-order valence-electron chi connectivity index (χ0n) is 13.3. The summed E-state index contributed by atoms with van der Waals surface area (Å²) in [5.74, 6) is 1.14. The maximum absolute atomic E-state index is 4.76. The number of aromatic nitrogens is 1. The Morgan fingerprint density at radius 1 is 1.35 bits per heavy atom. The van der Waals surface area contributed by atoms with E-state index < -0.39 is 0 Å². The van der Waals surface area contributed by atoms with E-state index in [4.69, 9.17) is 4.98 Å². The molecule has 4 nitrogen and oxygen atoms in total. The molecule has 1 N–H and O–H groups in total. The van der Waals surface area contributed by atoms with E-state index >= 15 is 0 Å². The first-order valence-electron chi connectivity index (χ1n) is 7.73. The van der Waals surface area contributed by atoms with E-state index in [1.54, 1.807) is 0 Å². The maximum atomic E-state index is 4.76. The number of pyridine rings is 1. The van der Waals surface area contributed by atoms with Gasteiger partial charge in [-0.15, -0.1) is 0 Å². The quantitative estimate of drug-likeness (QED) is 0.912. The van der Waals surface area contributed by atoms with E-state index in [-0.39, 0.29) is 0 Å². The molecule has 1 aromatic rings. The molecule has 0 amide bonds. The van der Waals surface area contributed by atoms with Gasteiger partial charge in [-0.05, 0) is 58.1 Å². The molecule has 0 bridgehead atoms. The zero-order valence-corrected chi connectivity index (χ0v) is 13.3. The predicted molar refractivity (Wildman–Crippen MR) is 85.3 cm³/mol. The number of hydrogen-bond acceptors (Lipinski definition) is 4. The second-order valence-electron chi connectivity index (χ2n) is 5.91. The molecule has 1 aliphatic rings. The first kappa shape index (κ1) is 15.3. The molecule has 1 aromatic heterocycles. The monoisotopic (exact) mass is 276 g/mol. The number of rotatable bonds is 4. The first-order chi connectivity index (χ1) is 9.60. The maximum Gasteiger partial charge on any atom is 0.129 e. The van der Waals surface area contributed by atoms with Crippen LogP contribution in [0.25, 0.3) is 0 Å². The lowest BCUT2D eigenvalue weighted by atomic mass is 10.2. The highest BCUT2D eigenvalue weighted by molar-refractivity contribution is 5.44. The van der Waals surface area contributed by atoms with Gasteiger partial charge in [-0.25, -0.2) is 4.98 Å². The second kappa shape index (κ2) is 7.04. The Labute approximate surface area is 123 Å². The molecular weight excluding hydrogens is 248 g/mol. The predicted octanol–water partition coefficient (Wildman–Crippen LogP) is 2.03. The van der Waals surface area contributed by atoms with Gasteiger partial charge in [0.25, 0.3) is 0 Å². The van der Waals surface area contributed by atoms with Crippen LogP contribution in [0.15, 0.2) is 12.1 Å². The van der Waals surface area contributed by atoms with Gasteiger partial charge in [-0.1, -0.05) is 6.92 Å². The van der Waals surface area contributed by atoms with Crippen molar-refractivity contribution in [2.45, 2.75) is 39.8 Å². The molecule has 0 spiro atoms. The minimum absolute atomic E-state index is 0.517. The second-order valence-corrected chi connectivity index (χ2v) is 5.91. The number of hydrogen-bond donors (Lipinski definition) is 1. The third-order valence-electron chi connectivity index (χ3n) is 3.92. The summed E-state index contributed by atoms with van der Waals surface area (Å²) in [5.41, 5.74) is 2.44. The standard InChI is InChI=1S/C16H28N4/c1-5-17-11-15-9-13(2)18-16(10-15)20-8-6-7-19(4)12-14(20)3/h9-10,14,17H,5-8,11-12H2,1-4H3. The van der Waals surface area contributed by atoms with Crippen LogP contribution in [-0.4, -0.2) is 49.2 Å². The summed E-state index contributed by atoms with van der Waals surface area (Å²) in [6.07, 6.45) is 1.21. The smallest absolute Gasteiger partial charge is 0.129 e. The summed E-state index contributed by atoms with van der Waals surface area (Å²) in [6.45, 7) is 11.8. The van der Waals surface area contributed by atoms with Crippen molar-refractivity contribution in [1.82, 2.24) is 15.2 Å². The van der Waals surface area contributed by atoms with E-state index in [9.17, 15) is 0 Å². The van der Waals surface area contributed by atoms with Gasteiger partial charge in [0.2, 0.25) is 0 Å². The van der Waals surface area contributed by atoms with Gasteiger partial charge < -0.3 is 15.1 Å². The van der Waals surface area contributed by atoms with Crippen molar-refractivity contribution < 1.29 is 0 Å². The molecule has 0 aliphatic carbocycles. The zero-order chi connectivity index (χ0) is 14.5. The summed E-state index contributed by atoms with van der Waals surface area (Å²) >= 11 is 0. The molecule has 4 heteroatoms. The molecule has 112 valence electrons. The van der Waals surface area contributed by atoms with Crippen molar-refractivity contribution in [3.63, 3.8) is 0 Å². The fourth-order valence-corrected chi connectivity index (χ4v) is 2.95. The van der Waals surface area contributed by atoms with Gasteiger partial charge in [-0.2, -0.15) is 0 Å². The summed E-state index contributed by atoms with van der Waals surface area (Å²) in [5, 5.41) is 3.40. The Morgan fingerprint density at radius 3 is 2.90 bits per heavy atom. The molecule has 1 atom stereocenters. The summed E-state index contributed by atoms with van der Waals surface area (Å²) < 4.78 is 0. The minimum atomic E-state index is 0.517. The Kier molecular flexibility index (Phi) is 5.38. The van der Waals surface area contributed by atoms with E-state index in [0.717, 1.165) is 37.7 Å². The molecule has 0 radical (unpaired) electrons. The number of likely N-dealkylation sites (N-methyl/N-ethyl adjacent to an activating group) is 1. The van der Waals surface area contributed by atoms with Gasteiger partial charge in [0.05, 0.1) is 0 Å². The highest BCUT2D eigenvalue weighted by Gasteiger charge is 2.21. The van der Waals surface area contributed by atoms with Crippen LogP contribution in [0.1, 0.15) is 31.5 Å². The molecule has 2 rings (SSSR count). The largest absolute Gasteiger partial charge is 0.353 e. The molecule has 1 unspecified atom stereocenters. The third kappa shape index (κ3) is 3.93. The molecule has 0 saturated carbocycles. The number of nitrogens with one attached hydrogen (secondary N) is 1. The van der Waals surface area contributed by atoms with Crippen molar-refractivity contribution in [3.8, 4) is 0 Å². The normalized spacial score (nSPS) is 21.0. The van der Waals surface area contributed by atoms with Gasteiger partial charge in [-0.3, -0.25) is 0 Å². The van der Waals surface area contributed by atoms with Gasteiger partial charge in [0.1, 0.15) is 5.82 Å². The minimum Gasteiger partial charge on any atom is -0.353 e. The molecule has 1 aliphatic heterocycles. The lowest BCUT2D eigenvalue weighted by Crippen LogP contribution is -2.38. The molecule has 20 heavy (non-hydrogen) atoms. The Morgan fingerprint density at radius 2 is 2.15 bits per heavy atom. The molecule has 1 saturated heterocycles. The van der Waals surface area contributed by atoms with Gasteiger partial charge in [0, 0.05) is 31.4 Å². The van der Waals surface area contributed by atoms with Crippen LogP contribution in [0.3, 0.4) is 0 Å².